The highest BCUT2D eigenvalue weighted by molar-refractivity contribution is 7.99. The summed E-state index contributed by atoms with van der Waals surface area (Å²) in [5.74, 6) is 1.72. The number of aliphatic hydroxyl groups excluding tert-OH is 1. The molecule has 17 heavy (non-hydrogen) atoms. The van der Waals surface area contributed by atoms with Crippen molar-refractivity contribution < 1.29 is 9.84 Å². The van der Waals surface area contributed by atoms with Crippen LogP contribution in [0.1, 0.15) is 12.1 Å². The number of hydrogen-bond donors (Lipinski definition) is 1. The summed E-state index contributed by atoms with van der Waals surface area (Å²) >= 11 is 1.69. The normalized spacial score (nSPS) is 11.0. The molecule has 0 amide bonds. The fourth-order valence-electron chi connectivity index (χ4n) is 1.62. The van der Waals surface area contributed by atoms with Crippen molar-refractivity contribution in [3.8, 4) is 5.75 Å². The second kappa shape index (κ2) is 5.42. The first-order valence-electron chi connectivity index (χ1n) is 5.51. The number of methoxy groups -OCH3 is 1. The number of aryl methyl sites for hydroxylation is 1. The molecule has 2 aromatic rings. The van der Waals surface area contributed by atoms with Gasteiger partial charge in [0.15, 0.2) is 0 Å². The second-order valence-electron chi connectivity index (χ2n) is 3.76. The molecule has 0 bridgehead atoms. The molecule has 2 heterocycles. The summed E-state index contributed by atoms with van der Waals surface area (Å²) in [7, 11) is 1.66. The van der Waals surface area contributed by atoms with E-state index in [1.165, 1.54) is 0 Å². The molecule has 2 aromatic heterocycles. The Balaban J connectivity index is 2.33. The van der Waals surface area contributed by atoms with Crippen molar-refractivity contribution in [1.82, 2.24) is 9.38 Å². The molecule has 92 valence electrons. The maximum atomic E-state index is 8.79. The highest BCUT2D eigenvalue weighted by Gasteiger charge is 2.08. The van der Waals surface area contributed by atoms with E-state index in [-0.39, 0.29) is 6.61 Å². The number of pyridine rings is 1. The zero-order valence-corrected chi connectivity index (χ0v) is 10.8. The Labute approximate surface area is 105 Å². The van der Waals surface area contributed by atoms with Crippen LogP contribution in [0.2, 0.25) is 0 Å². The van der Waals surface area contributed by atoms with Gasteiger partial charge in [0.25, 0.3) is 0 Å². The number of aromatic nitrogens is 2. The van der Waals surface area contributed by atoms with Gasteiger partial charge in [0.1, 0.15) is 11.4 Å². The lowest BCUT2D eigenvalue weighted by Crippen LogP contribution is -1.94. The molecule has 4 nitrogen and oxygen atoms in total. The molecule has 0 unspecified atom stereocenters. The second-order valence-corrected chi connectivity index (χ2v) is 4.90. The third-order valence-electron chi connectivity index (χ3n) is 2.54. The van der Waals surface area contributed by atoms with Crippen LogP contribution in [0.5, 0.6) is 5.75 Å². The van der Waals surface area contributed by atoms with Crippen LogP contribution < -0.4 is 4.74 Å². The van der Waals surface area contributed by atoms with Crippen molar-refractivity contribution >= 4 is 17.4 Å². The maximum Gasteiger partial charge on any atom is 0.140 e. The summed E-state index contributed by atoms with van der Waals surface area (Å²) in [6.45, 7) is 2.25. The Morgan fingerprint density at radius 2 is 2.35 bits per heavy atom. The average Bonchev–Trinajstić information content (AvgIpc) is 2.70. The van der Waals surface area contributed by atoms with Gasteiger partial charge in [0, 0.05) is 36.5 Å². The Kier molecular flexibility index (Phi) is 3.91. The van der Waals surface area contributed by atoms with E-state index in [4.69, 9.17) is 9.84 Å². The lowest BCUT2D eigenvalue weighted by molar-refractivity contribution is 0.296. The van der Waals surface area contributed by atoms with Crippen molar-refractivity contribution in [3.05, 3.63) is 24.2 Å². The molecule has 0 aliphatic heterocycles. The van der Waals surface area contributed by atoms with Crippen molar-refractivity contribution in [2.45, 2.75) is 18.2 Å². The summed E-state index contributed by atoms with van der Waals surface area (Å²) in [6.07, 6.45) is 4.67. The number of imidazole rings is 1. The van der Waals surface area contributed by atoms with E-state index in [0.29, 0.717) is 0 Å². The van der Waals surface area contributed by atoms with Gasteiger partial charge in [-0.3, -0.25) is 0 Å². The van der Waals surface area contributed by atoms with Gasteiger partial charge in [-0.05, 0) is 13.3 Å². The van der Waals surface area contributed by atoms with E-state index in [9.17, 15) is 0 Å². The van der Waals surface area contributed by atoms with E-state index in [1.807, 2.05) is 29.8 Å². The van der Waals surface area contributed by atoms with Crippen LogP contribution >= 0.6 is 11.8 Å². The molecule has 1 N–H and O–H groups in total. The smallest absolute Gasteiger partial charge is 0.140 e. The van der Waals surface area contributed by atoms with Gasteiger partial charge in [0.05, 0.1) is 12.0 Å². The molecule has 0 radical (unpaired) electrons. The highest BCUT2D eigenvalue weighted by Crippen LogP contribution is 2.30. The quantitative estimate of drug-likeness (QED) is 0.654. The molecule has 0 spiro atoms. The first kappa shape index (κ1) is 12.3. The largest absolute Gasteiger partial charge is 0.495 e. The zero-order chi connectivity index (χ0) is 12.3. The predicted molar refractivity (Wildman–Crippen MR) is 68.9 cm³/mol. The van der Waals surface area contributed by atoms with E-state index in [0.717, 1.165) is 34.2 Å². The lowest BCUT2D eigenvalue weighted by atomic mass is 10.4. The summed E-state index contributed by atoms with van der Waals surface area (Å²) in [6, 6.07) is 1.94. The topological polar surface area (TPSA) is 46.8 Å². The molecule has 0 aliphatic rings. The Bertz CT molecular complexity index is 510. The van der Waals surface area contributed by atoms with Crippen LogP contribution in [0.15, 0.2) is 23.4 Å². The highest BCUT2D eigenvalue weighted by atomic mass is 32.2. The molecule has 5 heteroatoms. The number of fused-ring (bicyclic) bond motifs is 1. The van der Waals surface area contributed by atoms with E-state index in [1.54, 1.807) is 18.9 Å². The third kappa shape index (κ3) is 2.56. The van der Waals surface area contributed by atoms with E-state index >= 15 is 0 Å². The minimum atomic E-state index is 0.224. The number of thioether (sulfide) groups is 1. The third-order valence-corrected chi connectivity index (χ3v) is 3.65. The number of nitrogens with zero attached hydrogens (tertiary/aromatic N) is 2. The number of hydrogen-bond acceptors (Lipinski definition) is 4. The fraction of sp³-hybridized carbons (Fsp3) is 0.417. The first-order chi connectivity index (χ1) is 8.26. The van der Waals surface area contributed by atoms with E-state index < -0.39 is 0 Å². The molecular formula is C12H16N2O2S. The van der Waals surface area contributed by atoms with Crippen molar-refractivity contribution in [1.29, 1.82) is 0 Å². The zero-order valence-electron chi connectivity index (χ0n) is 10.0. The minimum Gasteiger partial charge on any atom is -0.495 e. The minimum absolute atomic E-state index is 0.224. The first-order valence-corrected chi connectivity index (χ1v) is 6.50. The summed E-state index contributed by atoms with van der Waals surface area (Å²) < 4.78 is 7.40. The average molecular weight is 252 g/mol. The van der Waals surface area contributed by atoms with Crippen molar-refractivity contribution in [2.24, 2.45) is 0 Å². The molecule has 0 saturated carbocycles. The van der Waals surface area contributed by atoms with Crippen LogP contribution in [0.3, 0.4) is 0 Å². The van der Waals surface area contributed by atoms with Crippen LogP contribution in [0.4, 0.5) is 0 Å². The number of ether oxygens (including phenoxy) is 1. The maximum absolute atomic E-state index is 8.79. The van der Waals surface area contributed by atoms with E-state index in [2.05, 4.69) is 4.98 Å². The SMILES string of the molecule is COc1cc2ncc(C)n2cc1SCCCO. The lowest BCUT2D eigenvalue weighted by Gasteiger charge is -2.09. The molecule has 0 aromatic carbocycles. The predicted octanol–water partition coefficient (Wildman–Crippen LogP) is 2.13. The molecule has 0 saturated heterocycles. The monoisotopic (exact) mass is 252 g/mol. The summed E-state index contributed by atoms with van der Waals surface area (Å²) in [5.41, 5.74) is 2.00. The Morgan fingerprint density at radius 1 is 1.53 bits per heavy atom. The summed E-state index contributed by atoms with van der Waals surface area (Å²) in [4.78, 5) is 5.38. The van der Waals surface area contributed by atoms with Crippen molar-refractivity contribution in [2.75, 3.05) is 19.5 Å². The molecule has 0 atom stereocenters. The van der Waals surface area contributed by atoms with Crippen LogP contribution in [0.25, 0.3) is 5.65 Å². The number of aliphatic hydroxyl groups is 1. The Hall–Kier alpha value is -1.20. The van der Waals surface area contributed by atoms with Crippen LogP contribution in [0, 0.1) is 6.92 Å². The van der Waals surface area contributed by atoms with Gasteiger partial charge in [-0.15, -0.1) is 11.8 Å². The number of rotatable bonds is 5. The van der Waals surface area contributed by atoms with Gasteiger partial charge in [-0.1, -0.05) is 0 Å². The molecule has 2 rings (SSSR count). The molecule has 0 aliphatic carbocycles. The fourth-order valence-corrected chi connectivity index (χ4v) is 2.58. The van der Waals surface area contributed by atoms with Gasteiger partial charge in [-0.2, -0.15) is 0 Å². The van der Waals surface area contributed by atoms with Crippen molar-refractivity contribution in [3.63, 3.8) is 0 Å². The standard InChI is InChI=1S/C12H16N2O2S/c1-9-7-13-12-6-10(16-2)11(8-14(9)12)17-5-3-4-15/h6-8,15H,3-5H2,1-2H3. The van der Waals surface area contributed by atoms with Gasteiger partial charge < -0.3 is 14.2 Å². The van der Waals surface area contributed by atoms with Gasteiger partial charge >= 0.3 is 0 Å². The van der Waals surface area contributed by atoms with Gasteiger partial charge in [-0.25, -0.2) is 4.98 Å². The van der Waals surface area contributed by atoms with Gasteiger partial charge in [0.2, 0.25) is 0 Å². The Morgan fingerprint density at radius 3 is 3.06 bits per heavy atom. The van der Waals surface area contributed by atoms with Crippen LogP contribution in [-0.2, 0) is 0 Å². The summed E-state index contributed by atoms with van der Waals surface area (Å²) in [5, 5.41) is 8.79. The van der Waals surface area contributed by atoms with Crippen LogP contribution in [-0.4, -0.2) is 34.0 Å². The molecular weight excluding hydrogens is 236 g/mol. The molecule has 0 fully saturated rings.